The second-order valence-corrected chi connectivity index (χ2v) is 4.31. The van der Waals surface area contributed by atoms with Crippen LogP contribution < -0.4 is 0 Å². The highest BCUT2D eigenvalue weighted by Gasteiger charge is 2.26. The zero-order chi connectivity index (χ0) is 13.9. The number of allylic oxidation sites excluding steroid dienone is 10. The molecule has 0 radical (unpaired) electrons. The minimum absolute atomic E-state index is 0.0704. The first kappa shape index (κ1) is 14.2. The molecule has 94 valence electrons. The Hall–Kier alpha value is -1.89. The summed E-state index contributed by atoms with van der Waals surface area (Å²) in [6.45, 7) is 15.6. The van der Waals surface area contributed by atoms with Gasteiger partial charge in [-0.2, -0.15) is 0 Å². The summed E-state index contributed by atoms with van der Waals surface area (Å²) in [5.74, 6) is 0.0704. The molecule has 0 saturated carbocycles. The normalized spacial score (nSPS) is 18.1. The number of carbonyl (C=O) groups excluding carboxylic acids is 1. The van der Waals surface area contributed by atoms with Crippen molar-refractivity contribution in [3.8, 4) is 0 Å². The van der Waals surface area contributed by atoms with Gasteiger partial charge in [-0.15, -0.1) is 0 Å². The Morgan fingerprint density at radius 2 is 1.83 bits per heavy atom. The minimum atomic E-state index is 0.0704. The summed E-state index contributed by atoms with van der Waals surface area (Å²) in [4.78, 5) is 12.4. The van der Waals surface area contributed by atoms with Gasteiger partial charge in [0.1, 0.15) is 0 Å². The first-order chi connectivity index (χ1) is 8.49. The van der Waals surface area contributed by atoms with E-state index in [9.17, 15) is 4.79 Å². The molecule has 0 saturated heterocycles. The fourth-order valence-corrected chi connectivity index (χ4v) is 2.11. The van der Waals surface area contributed by atoms with E-state index in [2.05, 4.69) is 13.2 Å². The lowest BCUT2D eigenvalue weighted by Gasteiger charge is -2.23. The van der Waals surface area contributed by atoms with Crippen LogP contribution in [-0.4, -0.2) is 5.78 Å². The van der Waals surface area contributed by atoms with Gasteiger partial charge < -0.3 is 0 Å². The van der Waals surface area contributed by atoms with Gasteiger partial charge in [-0.1, -0.05) is 37.5 Å². The van der Waals surface area contributed by atoms with Crippen LogP contribution in [-0.2, 0) is 4.79 Å². The molecular formula is C17H20O. The van der Waals surface area contributed by atoms with E-state index in [1.807, 2.05) is 45.9 Å². The van der Waals surface area contributed by atoms with Crippen LogP contribution in [0.2, 0.25) is 0 Å². The first-order valence-corrected chi connectivity index (χ1v) is 6.07. The summed E-state index contributed by atoms with van der Waals surface area (Å²) in [6, 6.07) is 0. The molecule has 18 heavy (non-hydrogen) atoms. The van der Waals surface area contributed by atoms with Gasteiger partial charge in [0.15, 0.2) is 5.78 Å². The zero-order valence-electron chi connectivity index (χ0n) is 11.6. The Kier molecular flexibility index (Phi) is 4.43. The monoisotopic (exact) mass is 240 g/mol. The maximum absolute atomic E-state index is 12.4. The molecule has 1 heteroatoms. The van der Waals surface area contributed by atoms with E-state index in [1.54, 1.807) is 6.08 Å². The van der Waals surface area contributed by atoms with Crippen LogP contribution in [0.15, 0.2) is 70.9 Å². The van der Waals surface area contributed by atoms with Crippen LogP contribution >= 0.6 is 0 Å². The van der Waals surface area contributed by atoms with Crippen molar-refractivity contribution in [3.05, 3.63) is 70.9 Å². The topological polar surface area (TPSA) is 17.1 Å². The molecule has 0 aromatic rings. The fourth-order valence-electron chi connectivity index (χ4n) is 2.11. The molecule has 0 aromatic carbocycles. The quantitative estimate of drug-likeness (QED) is 0.711. The molecule has 0 atom stereocenters. The predicted molar refractivity (Wildman–Crippen MR) is 78.3 cm³/mol. The summed E-state index contributed by atoms with van der Waals surface area (Å²) in [6.07, 6.45) is 7.52. The highest BCUT2D eigenvalue weighted by atomic mass is 16.1. The second-order valence-electron chi connectivity index (χ2n) is 4.31. The van der Waals surface area contributed by atoms with E-state index in [0.717, 1.165) is 33.4 Å². The fraction of sp³-hybridized carbons (Fsp3) is 0.235. The van der Waals surface area contributed by atoms with Crippen LogP contribution in [0.5, 0.6) is 0 Å². The molecule has 0 bridgehead atoms. The summed E-state index contributed by atoms with van der Waals surface area (Å²) in [5.41, 5.74) is 5.06. The lowest BCUT2D eigenvalue weighted by molar-refractivity contribution is -0.112. The summed E-state index contributed by atoms with van der Waals surface area (Å²) in [5, 5.41) is 0. The third-order valence-corrected chi connectivity index (χ3v) is 3.26. The molecule has 1 rings (SSSR count). The molecule has 0 amide bonds. The number of hydrogen-bond acceptors (Lipinski definition) is 1. The molecule has 0 aliphatic heterocycles. The van der Waals surface area contributed by atoms with E-state index in [-0.39, 0.29) is 5.78 Å². The Bertz CT molecular complexity index is 534. The van der Waals surface area contributed by atoms with Crippen LogP contribution in [0.3, 0.4) is 0 Å². The van der Waals surface area contributed by atoms with Crippen LogP contribution in [0, 0.1) is 0 Å². The van der Waals surface area contributed by atoms with Crippen molar-refractivity contribution >= 4 is 5.78 Å². The second kappa shape index (κ2) is 5.63. The summed E-state index contributed by atoms with van der Waals surface area (Å²) < 4.78 is 0. The molecule has 0 unspecified atom stereocenters. The van der Waals surface area contributed by atoms with Crippen molar-refractivity contribution in [2.75, 3.05) is 0 Å². The van der Waals surface area contributed by atoms with Gasteiger partial charge >= 0.3 is 0 Å². The van der Waals surface area contributed by atoms with Gasteiger partial charge in [0.2, 0.25) is 0 Å². The van der Waals surface area contributed by atoms with Crippen molar-refractivity contribution in [2.24, 2.45) is 0 Å². The number of carbonyl (C=O) groups is 1. The van der Waals surface area contributed by atoms with Crippen molar-refractivity contribution in [1.82, 2.24) is 0 Å². The third-order valence-electron chi connectivity index (χ3n) is 3.26. The summed E-state index contributed by atoms with van der Waals surface area (Å²) >= 11 is 0. The molecule has 1 aliphatic rings. The number of hydrogen-bond donors (Lipinski definition) is 0. The molecule has 0 N–H and O–H groups in total. The van der Waals surface area contributed by atoms with E-state index in [0.29, 0.717) is 0 Å². The SMILES string of the molecule is C=CC1=C(/C(C)=C\C)C(=O)C(C)=C(/C=C\C)C1=C. The minimum Gasteiger partial charge on any atom is -0.289 e. The van der Waals surface area contributed by atoms with Gasteiger partial charge in [0.25, 0.3) is 0 Å². The maximum atomic E-state index is 12.4. The van der Waals surface area contributed by atoms with Gasteiger partial charge in [0.05, 0.1) is 0 Å². The third kappa shape index (κ3) is 2.21. The molecule has 0 fully saturated rings. The first-order valence-electron chi connectivity index (χ1n) is 6.07. The number of ketones is 1. The standard InChI is InChI=1S/C17H20O/c1-7-10-15-12(5)14(9-3)16(11(4)8-2)17(18)13(15)6/h7-10H,3,5H2,1-2,4,6H3/b10-7-,11-8-. The molecular weight excluding hydrogens is 220 g/mol. The average Bonchev–Trinajstić information content (AvgIpc) is 2.37. The number of Topliss-reactive ketones (excluding diaryl/α,β-unsaturated/α-hetero) is 1. The van der Waals surface area contributed by atoms with Crippen LogP contribution in [0.1, 0.15) is 27.7 Å². The summed E-state index contributed by atoms with van der Waals surface area (Å²) in [7, 11) is 0. The Labute approximate surface area is 110 Å². The van der Waals surface area contributed by atoms with E-state index < -0.39 is 0 Å². The Balaban J connectivity index is 3.56. The van der Waals surface area contributed by atoms with E-state index in [4.69, 9.17) is 0 Å². The Morgan fingerprint density at radius 1 is 1.22 bits per heavy atom. The average molecular weight is 240 g/mol. The van der Waals surface area contributed by atoms with E-state index >= 15 is 0 Å². The highest BCUT2D eigenvalue weighted by Crippen LogP contribution is 2.35. The Morgan fingerprint density at radius 3 is 2.28 bits per heavy atom. The molecule has 0 spiro atoms. The van der Waals surface area contributed by atoms with Crippen molar-refractivity contribution in [3.63, 3.8) is 0 Å². The van der Waals surface area contributed by atoms with Gasteiger partial charge in [0, 0.05) is 11.1 Å². The molecule has 1 aliphatic carbocycles. The van der Waals surface area contributed by atoms with Gasteiger partial charge in [-0.05, 0) is 50.0 Å². The maximum Gasteiger partial charge on any atom is 0.190 e. The van der Waals surface area contributed by atoms with Crippen molar-refractivity contribution in [2.45, 2.75) is 27.7 Å². The molecule has 0 aromatic heterocycles. The van der Waals surface area contributed by atoms with Gasteiger partial charge in [-0.25, -0.2) is 0 Å². The lowest BCUT2D eigenvalue weighted by atomic mass is 9.79. The van der Waals surface area contributed by atoms with Crippen molar-refractivity contribution < 1.29 is 4.79 Å². The molecule has 0 heterocycles. The lowest BCUT2D eigenvalue weighted by Crippen LogP contribution is -2.16. The zero-order valence-corrected chi connectivity index (χ0v) is 11.6. The number of rotatable bonds is 3. The van der Waals surface area contributed by atoms with Crippen LogP contribution in [0.4, 0.5) is 0 Å². The van der Waals surface area contributed by atoms with E-state index in [1.165, 1.54) is 0 Å². The van der Waals surface area contributed by atoms with Crippen LogP contribution in [0.25, 0.3) is 0 Å². The largest absolute Gasteiger partial charge is 0.289 e. The highest BCUT2D eigenvalue weighted by molar-refractivity contribution is 6.15. The van der Waals surface area contributed by atoms with Crippen molar-refractivity contribution in [1.29, 1.82) is 0 Å². The smallest absolute Gasteiger partial charge is 0.190 e. The predicted octanol–water partition coefficient (Wildman–Crippen LogP) is 4.47. The van der Waals surface area contributed by atoms with Gasteiger partial charge in [-0.3, -0.25) is 4.79 Å². The molecule has 1 nitrogen and oxygen atoms in total.